The molecule has 6 nitrogen and oxygen atoms in total. The van der Waals surface area contributed by atoms with Crippen LogP contribution in [0, 0.1) is 0 Å². The minimum Gasteiger partial charge on any atom is -0.338 e. The highest BCUT2D eigenvalue weighted by Crippen LogP contribution is 2.21. The normalized spacial score (nSPS) is 13.5. The predicted molar refractivity (Wildman–Crippen MR) is 111 cm³/mol. The Kier molecular flexibility index (Phi) is 6.46. The third-order valence-corrected chi connectivity index (χ3v) is 5.31. The van der Waals surface area contributed by atoms with Crippen LogP contribution < -0.4 is 5.32 Å². The fraction of sp³-hybridized carbons (Fsp3) is 0.286. The summed E-state index contributed by atoms with van der Waals surface area (Å²) < 4.78 is 0.782. The smallest absolute Gasteiger partial charge is 0.254 e. The predicted octanol–water partition coefficient (Wildman–Crippen LogP) is 3.28. The van der Waals surface area contributed by atoms with E-state index in [1.165, 1.54) is 4.90 Å². The van der Waals surface area contributed by atoms with Crippen molar-refractivity contribution in [1.82, 2.24) is 9.80 Å². The first-order valence-corrected chi connectivity index (χ1v) is 9.90. The first kappa shape index (κ1) is 20.1. The number of hydrogen-bond acceptors (Lipinski definition) is 3. The van der Waals surface area contributed by atoms with Crippen molar-refractivity contribution in [3.05, 3.63) is 64.1 Å². The van der Waals surface area contributed by atoms with Gasteiger partial charge in [-0.15, -0.1) is 0 Å². The molecule has 0 spiro atoms. The van der Waals surface area contributed by atoms with Crippen LogP contribution in [0.1, 0.15) is 28.8 Å². The van der Waals surface area contributed by atoms with Crippen molar-refractivity contribution < 1.29 is 14.4 Å². The molecular formula is C21H22BrN3O3. The van der Waals surface area contributed by atoms with Crippen LogP contribution in [-0.2, 0) is 16.1 Å². The number of nitrogens with one attached hydrogen (secondary N) is 1. The van der Waals surface area contributed by atoms with Crippen molar-refractivity contribution in [2.24, 2.45) is 0 Å². The van der Waals surface area contributed by atoms with Crippen LogP contribution >= 0.6 is 15.9 Å². The van der Waals surface area contributed by atoms with Crippen LogP contribution in [0.4, 0.5) is 5.69 Å². The van der Waals surface area contributed by atoms with Crippen molar-refractivity contribution in [2.45, 2.75) is 19.4 Å². The van der Waals surface area contributed by atoms with E-state index in [0.717, 1.165) is 23.0 Å². The Morgan fingerprint density at radius 2 is 1.86 bits per heavy atom. The first-order chi connectivity index (χ1) is 13.4. The maximum absolute atomic E-state index is 12.6. The molecule has 2 aromatic rings. The number of anilines is 1. The molecule has 1 N–H and O–H groups in total. The largest absolute Gasteiger partial charge is 0.338 e. The van der Waals surface area contributed by atoms with E-state index in [1.807, 2.05) is 35.2 Å². The number of halogens is 1. The Morgan fingerprint density at radius 3 is 2.50 bits per heavy atom. The number of carbonyl (C=O) groups is 3. The average molecular weight is 444 g/mol. The van der Waals surface area contributed by atoms with Crippen LogP contribution in [0.5, 0.6) is 0 Å². The zero-order valence-corrected chi connectivity index (χ0v) is 17.2. The standard InChI is InChI=1S/C21H22BrN3O3/c1-24(14-19(26)23-18-6-3-2-5-17(18)22)21(28)16-10-8-15(9-11-16)13-25-12-4-7-20(25)27/h2-3,5-6,8-11H,4,7,12-14H2,1H3,(H,23,26). The Hall–Kier alpha value is -2.67. The van der Waals surface area contributed by atoms with E-state index in [2.05, 4.69) is 21.2 Å². The Morgan fingerprint density at radius 1 is 1.14 bits per heavy atom. The van der Waals surface area contributed by atoms with Crippen molar-refractivity contribution in [3.63, 3.8) is 0 Å². The number of likely N-dealkylation sites (N-methyl/N-ethyl adjacent to an activating group) is 1. The molecule has 0 aromatic heterocycles. The second-order valence-electron chi connectivity index (χ2n) is 6.81. The summed E-state index contributed by atoms with van der Waals surface area (Å²) in [7, 11) is 1.60. The number of para-hydroxylation sites is 1. The second-order valence-corrected chi connectivity index (χ2v) is 7.66. The summed E-state index contributed by atoms with van der Waals surface area (Å²) in [5.41, 5.74) is 2.16. The van der Waals surface area contributed by atoms with Gasteiger partial charge in [-0.05, 0) is 52.2 Å². The van der Waals surface area contributed by atoms with Gasteiger partial charge in [-0.3, -0.25) is 14.4 Å². The van der Waals surface area contributed by atoms with Gasteiger partial charge in [0.05, 0.1) is 12.2 Å². The minimum absolute atomic E-state index is 0.0514. The summed E-state index contributed by atoms with van der Waals surface area (Å²) in [6.07, 6.45) is 1.52. The molecule has 1 aliphatic rings. The molecule has 7 heteroatoms. The van der Waals surface area contributed by atoms with Crippen LogP contribution in [0.2, 0.25) is 0 Å². The molecule has 0 bridgehead atoms. The molecule has 2 aromatic carbocycles. The van der Waals surface area contributed by atoms with Crippen LogP contribution in [0.25, 0.3) is 0 Å². The second kappa shape index (κ2) is 9.01. The summed E-state index contributed by atoms with van der Waals surface area (Å²) >= 11 is 3.38. The zero-order chi connectivity index (χ0) is 20.1. The van der Waals surface area contributed by atoms with E-state index in [0.29, 0.717) is 24.2 Å². The van der Waals surface area contributed by atoms with Crippen molar-refractivity contribution in [2.75, 3.05) is 25.5 Å². The first-order valence-electron chi connectivity index (χ1n) is 9.10. The van der Waals surface area contributed by atoms with Crippen LogP contribution in [0.3, 0.4) is 0 Å². The fourth-order valence-corrected chi connectivity index (χ4v) is 3.49. The number of benzene rings is 2. The lowest BCUT2D eigenvalue weighted by molar-refractivity contribution is -0.128. The Balaban J connectivity index is 1.56. The number of amides is 3. The maximum atomic E-state index is 12.6. The monoisotopic (exact) mass is 443 g/mol. The lowest BCUT2D eigenvalue weighted by Gasteiger charge is -2.18. The molecule has 146 valence electrons. The fourth-order valence-electron chi connectivity index (χ4n) is 3.10. The molecule has 1 heterocycles. The van der Waals surface area contributed by atoms with Gasteiger partial charge in [0, 0.05) is 36.6 Å². The molecule has 1 saturated heterocycles. The average Bonchev–Trinajstić information content (AvgIpc) is 3.08. The van der Waals surface area contributed by atoms with Gasteiger partial charge in [0.1, 0.15) is 0 Å². The third kappa shape index (κ3) is 4.98. The molecule has 0 radical (unpaired) electrons. The number of nitrogens with zero attached hydrogens (tertiary/aromatic N) is 2. The summed E-state index contributed by atoms with van der Waals surface area (Å²) in [5.74, 6) is -0.325. The molecule has 0 aliphatic carbocycles. The van der Waals surface area contributed by atoms with Gasteiger partial charge in [-0.25, -0.2) is 0 Å². The van der Waals surface area contributed by atoms with Gasteiger partial charge in [-0.1, -0.05) is 24.3 Å². The van der Waals surface area contributed by atoms with E-state index < -0.39 is 0 Å². The molecule has 1 fully saturated rings. The molecule has 0 atom stereocenters. The van der Waals surface area contributed by atoms with Gasteiger partial charge in [0.25, 0.3) is 5.91 Å². The number of hydrogen-bond donors (Lipinski definition) is 1. The highest BCUT2D eigenvalue weighted by Gasteiger charge is 2.20. The quantitative estimate of drug-likeness (QED) is 0.744. The highest BCUT2D eigenvalue weighted by atomic mass is 79.9. The molecule has 0 unspecified atom stereocenters. The SMILES string of the molecule is CN(CC(=O)Nc1ccccc1Br)C(=O)c1ccc(CN2CCCC2=O)cc1. The zero-order valence-electron chi connectivity index (χ0n) is 15.7. The van der Waals surface area contributed by atoms with Gasteiger partial charge in [0.2, 0.25) is 11.8 Å². The van der Waals surface area contributed by atoms with Crippen LogP contribution in [-0.4, -0.2) is 47.7 Å². The summed E-state index contributed by atoms with van der Waals surface area (Å²) in [6.45, 7) is 1.30. The van der Waals surface area contributed by atoms with Gasteiger partial charge >= 0.3 is 0 Å². The van der Waals surface area contributed by atoms with Gasteiger partial charge in [-0.2, -0.15) is 0 Å². The molecule has 3 amide bonds. The minimum atomic E-state index is -0.271. The van der Waals surface area contributed by atoms with E-state index >= 15 is 0 Å². The lowest BCUT2D eigenvalue weighted by Crippen LogP contribution is -2.35. The van der Waals surface area contributed by atoms with Crippen molar-refractivity contribution >= 4 is 39.3 Å². The van der Waals surface area contributed by atoms with Crippen molar-refractivity contribution in [1.29, 1.82) is 0 Å². The molecule has 1 aliphatic heterocycles. The molecule has 0 saturated carbocycles. The number of likely N-dealkylation sites (tertiary alicyclic amines) is 1. The maximum Gasteiger partial charge on any atom is 0.254 e. The molecule has 28 heavy (non-hydrogen) atoms. The summed E-state index contributed by atoms with van der Waals surface area (Å²) in [5, 5.41) is 2.78. The van der Waals surface area contributed by atoms with E-state index in [9.17, 15) is 14.4 Å². The highest BCUT2D eigenvalue weighted by molar-refractivity contribution is 9.10. The van der Waals surface area contributed by atoms with E-state index in [1.54, 1.807) is 25.2 Å². The van der Waals surface area contributed by atoms with E-state index in [4.69, 9.17) is 0 Å². The van der Waals surface area contributed by atoms with Crippen LogP contribution in [0.15, 0.2) is 53.0 Å². The lowest BCUT2D eigenvalue weighted by atomic mass is 10.1. The molecule has 3 rings (SSSR count). The molecular weight excluding hydrogens is 422 g/mol. The third-order valence-electron chi connectivity index (χ3n) is 4.62. The Labute approximate surface area is 172 Å². The number of carbonyl (C=O) groups excluding carboxylic acids is 3. The van der Waals surface area contributed by atoms with Gasteiger partial charge in [0.15, 0.2) is 0 Å². The van der Waals surface area contributed by atoms with Gasteiger partial charge < -0.3 is 15.1 Å². The summed E-state index contributed by atoms with van der Waals surface area (Å²) in [4.78, 5) is 39.7. The summed E-state index contributed by atoms with van der Waals surface area (Å²) in [6, 6.07) is 14.5. The van der Waals surface area contributed by atoms with Crippen molar-refractivity contribution in [3.8, 4) is 0 Å². The number of rotatable bonds is 6. The van der Waals surface area contributed by atoms with E-state index in [-0.39, 0.29) is 24.3 Å². The Bertz CT molecular complexity index is 883. The topological polar surface area (TPSA) is 69.7 Å².